The van der Waals surface area contributed by atoms with Crippen LogP contribution in [-0.4, -0.2) is 47.2 Å². The van der Waals surface area contributed by atoms with E-state index >= 15 is 0 Å². The summed E-state index contributed by atoms with van der Waals surface area (Å²) in [4.78, 5) is 28.7. The molecule has 0 bridgehead atoms. The standard InChI is InChI=1S/C17H28N4O3/c1-4-24-9-5-8-18-17(23)15-14-7-6-13(10-21(14)11-19-15)16(22)20-12(2)3/h11-13H,4-10H2,1-3H3,(H,18,23)(H,20,22). The molecule has 0 spiro atoms. The molecule has 1 aliphatic heterocycles. The van der Waals surface area contributed by atoms with Gasteiger partial charge in [0.15, 0.2) is 0 Å². The molecule has 2 heterocycles. The molecule has 2 rings (SSSR count). The summed E-state index contributed by atoms with van der Waals surface area (Å²) in [7, 11) is 0. The molecule has 1 unspecified atom stereocenters. The molecule has 7 heteroatoms. The molecule has 0 aliphatic carbocycles. The van der Waals surface area contributed by atoms with Crippen LogP contribution in [0.1, 0.15) is 49.8 Å². The molecular weight excluding hydrogens is 308 g/mol. The van der Waals surface area contributed by atoms with Crippen LogP contribution in [0.15, 0.2) is 6.33 Å². The van der Waals surface area contributed by atoms with Crippen LogP contribution in [-0.2, 0) is 22.5 Å². The number of nitrogens with one attached hydrogen (secondary N) is 2. The number of rotatable bonds is 8. The van der Waals surface area contributed by atoms with Crippen molar-refractivity contribution in [2.24, 2.45) is 5.92 Å². The van der Waals surface area contributed by atoms with Gasteiger partial charge in [-0.15, -0.1) is 0 Å². The van der Waals surface area contributed by atoms with Crippen LogP contribution in [0.5, 0.6) is 0 Å². The first-order chi connectivity index (χ1) is 11.5. The van der Waals surface area contributed by atoms with Crippen molar-refractivity contribution in [2.45, 2.75) is 52.6 Å². The second-order valence-corrected chi connectivity index (χ2v) is 6.40. The number of ether oxygens (including phenoxy) is 1. The Labute approximate surface area is 143 Å². The molecule has 0 aromatic carbocycles. The van der Waals surface area contributed by atoms with Crippen molar-refractivity contribution in [1.29, 1.82) is 0 Å². The van der Waals surface area contributed by atoms with Gasteiger partial charge in [0.25, 0.3) is 5.91 Å². The first-order valence-corrected chi connectivity index (χ1v) is 8.73. The van der Waals surface area contributed by atoms with E-state index < -0.39 is 0 Å². The van der Waals surface area contributed by atoms with E-state index in [1.807, 2.05) is 25.3 Å². The Kier molecular flexibility index (Phi) is 6.78. The van der Waals surface area contributed by atoms with Gasteiger partial charge < -0.3 is 19.9 Å². The number of nitrogens with zero attached hydrogens (tertiary/aromatic N) is 2. The van der Waals surface area contributed by atoms with Crippen LogP contribution in [0.2, 0.25) is 0 Å². The lowest BCUT2D eigenvalue weighted by Gasteiger charge is -2.24. The summed E-state index contributed by atoms with van der Waals surface area (Å²) in [5, 5.41) is 5.83. The summed E-state index contributed by atoms with van der Waals surface area (Å²) in [5.74, 6) is -0.132. The van der Waals surface area contributed by atoms with Gasteiger partial charge in [0.05, 0.1) is 17.9 Å². The smallest absolute Gasteiger partial charge is 0.271 e. The summed E-state index contributed by atoms with van der Waals surface area (Å²) in [6.45, 7) is 8.35. The lowest BCUT2D eigenvalue weighted by Crippen LogP contribution is -2.39. The van der Waals surface area contributed by atoms with E-state index in [2.05, 4.69) is 15.6 Å². The van der Waals surface area contributed by atoms with Crippen molar-refractivity contribution in [2.75, 3.05) is 19.8 Å². The van der Waals surface area contributed by atoms with Crippen molar-refractivity contribution in [3.63, 3.8) is 0 Å². The van der Waals surface area contributed by atoms with Crippen molar-refractivity contribution in [3.8, 4) is 0 Å². The van der Waals surface area contributed by atoms with Gasteiger partial charge in [-0.05, 0) is 40.0 Å². The number of amides is 2. The minimum Gasteiger partial charge on any atom is -0.382 e. The molecule has 7 nitrogen and oxygen atoms in total. The minimum absolute atomic E-state index is 0.0591. The van der Waals surface area contributed by atoms with E-state index in [9.17, 15) is 9.59 Å². The van der Waals surface area contributed by atoms with Gasteiger partial charge in [-0.3, -0.25) is 9.59 Å². The van der Waals surface area contributed by atoms with E-state index in [1.165, 1.54) is 0 Å². The zero-order valence-corrected chi connectivity index (χ0v) is 14.8. The van der Waals surface area contributed by atoms with Crippen LogP contribution < -0.4 is 10.6 Å². The lowest BCUT2D eigenvalue weighted by molar-refractivity contribution is -0.126. The molecule has 1 aromatic rings. The Bertz CT molecular complexity index is 568. The van der Waals surface area contributed by atoms with E-state index in [0.29, 0.717) is 38.4 Å². The fourth-order valence-corrected chi connectivity index (χ4v) is 2.88. The predicted molar refractivity (Wildman–Crippen MR) is 90.8 cm³/mol. The first kappa shape index (κ1) is 18.4. The highest BCUT2D eigenvalue weighted by Gasteiger charge is 2.28. The third-order valence-corrected chi connectivity index (χ3v) is 4.06. The van der Waals surface area contributed by atoms with Crippen LogP contribution in [0.25, 0.3) is 0 Å². The van der Waals surface area contributed by atoms with Crippen molar-refractivity contribution >= 4 is 11.8 Å². The minimum atomic E-state index is -0.148. The van der Waals surface area contributed by atoms with Crippen molar-refractivity contribution < 1.29 is 14.3 Å². The number of imidazole rings is 1. The molecule has 2 amide bonds. The molecule has 1 aromatic heterocycles. The second kappa shape index (κ2) is 8.82. The lowest BCUT2D eigenvalue weighted by atomic mass is 9.96. The quantitative estimate of drug-likeness (QED) is 0.697. The van der Waals surface area contributed by atoms with Gasteiger partial charge in [0, 0.05) is 32.3 Å². The predicted octanol–water partition coefficient (Wildman–Crippen LogP) is 1.13. The maximum atomic E-state index is 12.3. The Hall–Kier alpha value is -1.89. The number of carbonyl (C=O) groups is 2. The zero-order chi connectivity index (χ0) is 17.5. The van der Waals surface area contributed by atoms with E-state index in [4.69, 9.17) is 4.74 Å². The molecule has 24 heavy (non-hydrogen) atoms. The van der Waals surface area contributed by atoms with Crippen LogP contribution in [0.4, 0.5) is 0 Å². The fraction of sp³-hybridized carbons (Fsp3) is 0.706. The molecule has 0 saturated carbocycles. The Morgan fingerprint density at radius 3 is 2.96 bits per heavy atom. The monoisotopic (exact) mass is 336 g/mol. The highest BCUT2D eigenvalue weighted by molar-refractivity contribution is 5.93. The highest BCUT2D eigenvalue weighted by Crippen LogP contribution is 2.22. The third kappa shape index (κ3) is 4.80. The number of fused-ring (bicyclic) bond motifs is 1. The maximum absolute atomic E-state index is 12.3. The van der Waals surface area contributed by atoms with Crippen molar-refractivity contribution in [3.05, 3.63) is 17.7 Å². The van der Waals surface area contributed by atoms with Gasteiger partial charge in [-0.25, -0.2) is 4.98 Å². The molecule has 0 fully saturated rings. The van der Waals surface area contributed by atoms with Crippen molar-refractivity contribution in [1.82, 2.24) is 20.2 Å². The summed E-state index contributed by atoms with van der Waals surface area (Å²) in [5.41, 5.74) is 1.40. The SMILES string of the molecule is CCOCCCNC(=O)c1ncn2c1CCC(C(=O)NC(C)C)C2. The number of hydrogen-bond donors (Lipinski definition) is 2. The third-order valence-electron chi connectivity index (χ3n) is 4.06. The fourth-order valence-electron chi connectivity index (χ4n) is 2.88. The van der Waals surface area contributed by atoms with E-state index in [1.54, 1.807) is 6.33 Å². The Morgan fingerprint density at radius 2 is 2.25 bits per heavy atom. The average Bonchev–Trinajstić information content (AvgIpc) is 2.97. The second-order valence-electron chi connectivity index (χ2n) is 6.40. The number of hydrogen-bond acceptors (Lipinski definition) is 4. The molecule has 1 atom stereocenters. The van der Waals surface area contributed by atoms with Crippen LogP contribution in [0, 0.1) is 5.92 Å². The first-order valence-electron chi connectivity index (χ1n) is 8.73. The molecule has 1 aliphatic rings. The van der Waals surface area contributed by atoms with Gasteiger partial charge in [0.2, 0.25) is 5.91 Å². The molecular formula is C17H28N4O3. The Balaban J connectivity index is 1.90. The summed E-state index contributed by atoms with van der Waals surface area (Å²) in [6, 6.07) is 0.139. The number of carbonyl (C=O) groups excluding carboxylic acids is 2. The van der Waals surface area contributed by atoms with Gasteiger partial charge >= 0.3 is 0 Å². The zero-order valence-electron chi connectivity index (χ0n) is 14.8. The molecule has 0 radical (unpaired) electrons. The molecule has 2 N–H and O–H groups in total. The van der Waals surface area contributed by atoms with Gasteiger partial charge in [0.1, 0.15) is 5.69 Å². The van der Waals surface area contributed by atoms with Crippen LogP contribution >= 0.6 is 0 Å². The average molecular weight is 336 g/mol. The maximum Gasteiger partial charge on any atom is 0.271 e. The summed E-state index contributed by atoms with van der Waals surface area (Å²) < 4.78 is 7.18. The van der Waals surface area contributed by atoms with Gasteiger partial charge in [-0.2, -0.15) is 0 Å². The molecule has 134 valence electrons. The Morgan fingerprint density at radius 1 is 1.46 bits per heavy atom. The normalized spacial score (nSPS) is 16.8. The topological polar surface area (TPSA) is 85.2 Å². The highest BCUT2D eigenvalue weighted by atomic mass is 16.5. The summed E-state index contributed by atoms with van der Waals surface area (Å²) in [6.07, 6.45) is 3.89. The van der Waals surface area contributed by atoms with Crippen LogP contribution in [0.3, 0.4) is 0 Å². The summed E-state index contributed by atoms with van der Waals surface area (Å²) >= 11 is 0. The van der Waals surface area contributed by atoms with E-state index in [-0.39, 0.29) is 23.8 Å². The largest absolute Gasteiger partial charge is 0.382 e. The number of aromatic nitrogens is 2. The van der Waals surface area contributed by atoms with Gasteiger partial charge in [-0.1, -0.05) is 0 Å². The molecule has 0 saturated heterocycles. The van der Waals surface area contributed by atoms with E-state index in [0.717, 1.165) is 18.5 Å².